The van der Waals surface area contributed by atoms with Gasteiger partial charge in [-0.05, 0) is 103 Å². The Balaban J connectivity index is 1.76. The topological polar surface area (TPSA) is 214 Å². The van der Waals surface area contributed by atoms with Gasteiger partial charge in [0.05, 0.1) is 26.4 Å². The summed E-state index contributed by atoms with van der Waals surface area (Å²) >= 11 is 0. The molecule has 14 nitrogen and oxygen atoms in total. The molecule has 2 rings (SSSR count). The van der Waals surface area contributed by atoms with Crippen molar-refractivity contribution in [1.29, 1.82) is 0 Å². The molecule has 0 spiro atoms. The molecule has 426 valence electrons. The number of aliphatic hydroxyl groups is 7. The van der Waals surface area contributed by atoms with Gasteiger partial charge in [0, 0.05) is 13.0 Å². The van der Waals surface area contributed by atoms with E-state index in [2.05, 4.69) is 135 Å². The molecule has 0 amide bonds. The van der Waals surface area contributed by atoms with Gasteiger partial charge < -0.3 is 64.2 Å². The lowest BCUT2D eigenvalue weighted by molar-refractivity contribution is -0.332. The number of ether oxygens (including phenoxy) is 6. The van der Waals surface area contributed by atoms with Crippen LogP contribution in [0.1, 0.15) is 155 Å². The Hall–Kier alpha value is -3.61. The average Bonchev–Trinajstić information content (AvgIpc) is 3.41. The fourth-order valence-electron chi connectivity index (χ4n) is 7.98. The Bertz CT molecular complexity index is 1700. The number of carbonyl (C=O) groups is 1. The van der Waals surface area contributed by atoms with E-state index in [1.807, 2.05) is 0 Å². The van der Waals surface area contributed by atoms with Crippen LogP contribution in [0.25, 0.3) is 0 Å². The van der Waals surface area contributed by atoms with Gasteiger partial charge in [-0.15, -0.1) is 0 Å². The Morgan fingerprint density at radius 1 is 0.440 bits per heavy atom. The van der Waals surface area contributed by atoms with Crippen molar-refractivity contribution in [1.82, 2.24) is 0 Å². The van der Waals surface area contributed by atoms with Crippen LogP contribution in [0.4, 0.5) is 0 Å². The zero-order valence-electron chi connectivity index (χ0n) is 45.5. The quantitative estimate of drug-likeness (QED) is 0.0172. The first-order valence-corrected chi connectivity index (χ1v) is 28.1. The largest absolute Gasteiger partial charge is 0.457 e. The lowest BCUT2D eigenvalue weighted by Crippen LogP contribution is -2.61. The zero-order chi connectivity index (χ0) is 54.4. The maximum Gasteiger partial charge on any atom is 0.306 e. The molecule has 0 aromatic rings. The number of hydrogen-bond acceptors (Lipinski definition) is 14. The molecule has 0 aromatic heterocycles. The third-order valence-corrected chi connectivity index (χ3v) is 12.5. The predicted octanol–water partition coefficient (Wildman–Crippen LogP) is 9.74. The van der Waals surface area contributed by atoms with Crippen LogP contribution in [-0.2, 0) is 33.2 Å². The van der Waals surface area contributed by atoms with Crippen LogP contribution < -0.4 is 0 Å². The van der Waals surface area contributed by atoms with Gasteiger partial charge in [-0.3, -0.25) is 4.79 Å². The number of allylic oxidation sites excluding steroid dienone is 20. The number of rotatable bonds is 43. The van der Waals surface area contributed by atoms with Crippen molar-refractivity contribution in [2.45, 2.75) is 223 Å². The van der Waals surface area contributed by atoms with Gasteiger partial charge >= 0.3 is 5.97 Å². The third kappa shape index (κ3) is 33.3. The molecule has 2 fully saturated rings. The molecule has 2 saturated heterocycles. The van der Waals surface area contributed by atoms with Crippen LogP contribution >= 0.6 is 0 Å². The Kier molecular flexibility index (Phi) is 41.8. The van der Waals surface area contributed by atoms with E-state index in [9.17, 15) is 40.5 Å². The van der Waals surface area contributed by atoms with Gasteiger partial charge in [0.1, 0.15) is 54.9 Å². The van der Waals surface area contributed by atoms with Crippen molar-refractivity contribution >= 4 is 5.97 Å². The highest BCUT2D eigenvalue weighted by molar-refractivity contribution is 5.69. The highest BCUT2D eigenvalue weighted by Gasteiger charge is 2.47. The maximum atomic E-state index is 13.1. The minimum atomic E-state index is -1.73. The van der Waals surface area contributed by atoms with Crippen LogP contribution in [0.2, 0.25) is 0 Å². The van der Waals surface area contributed by atoms with Crippen LogP contribution in [0.5, 0.6) is 0 Å². The summed E-state index contributed by atoms with van der Waals surface area (Å²) in [6.07, 6.45) is 48.3. The summed E-state index contributed by atoms with van der Waals surface area (Å²) in [5.74, 6) is -0.408. The van der Waals surface area contributed by atoms with Gasteiger partial charge in [0.2, 0.25) is 0 Å². The smallest absolute Gasteiger partial charge is 0.306 e. The SMILES string of the molecule is CC/C=C\C/C=C\C/C=C\C/C=C\C/C=C\CCCCCCCCCC(=O)OC(COCCCC/C=C\C/C=C\C/C=C\C/C=C\C/C=C\CC)COC1OC(COC2OC(CO)C(O)C(O)C2O)C(O)C(O)C1O. The lowest BCUT2D eigenvalue weighted by Gasteiger charge is -2.42. The van der Waals surface area contributed by atoms with Crippen molar-refractivity contribution in [3.8, 4) is 0 Å². The Morgan fingerprint density at radius 2 is 0.827 bits per heavy atom. The van der Waals surface area contributed by atoms with Gasteiger partial charge in [0.25, 0.3) is 0 Å². The predicted molar refractivity (Wildman–Crippen MR) is 297 cm³/mol. The van der Waals surface area contributed by atoms with Gasteiger partial charge in [-0.25, -0.2) is 0 Å². The second-order valence-electron chi connectivity index (χ2n) is 19.0. The molecule has 2 heterocycles. The number of hydrogen-bond donors (Lipinski definition) is 7. The van der Waals surface area contributed by atoms with E-state index in [1.165, 1.54) is 6.42 Å². The molecular formula is C61H98O14. The summed E-state index contributed by atoms with van der Waals surface area (Å²) in [6.45, 7) is 3.30. The van der Waals surface area contributed by atoms with Gasteiger partial charge in [-0.2, -0.15) is 0 Å². The molecule has 11 atom stereocenters. The monoisotopic (exact) mass is 1050 g/mol. The Morgan fingerprint density at radius 3 is 1.29 bits per heavy atom. The fourth-order valence-corrected chi connectivity index (χ4v) is 7.98. The first kappa shape index (κ1) is 67.5. The highest BCUT2D eigenvalue weighted by Crippen LogP contribution is 2.26. The molecule has 0 saturated carbocycles. The van der Waals surface area contributed by atoms with Crippen molar-refractivity contribution in [3.63, 3.8) is 0 Å². The Labute approximate surface area is 450 Å². The van der Waals surface area contributed by atoms with E-state index in [0.717, 1.165) is 122 Å². The molecule has 2 aliphatic heterocycles. The summed E-state index contributed by atoms with van der Waals surface area (Å²) < 4.78 is 34.3. The minimum Gasteiger partial charge on any atom is -0.457 e. The van der Waals surface area contributed by atoms with Gasteiger partial charge in [0.15, 0.2) is 12.6 Å². The number of unbranched alkanes of at least 4 members (excludes halogenated alkanes) is 9. The number of aliphatic hydroxyl groups excluding tert-OH is 7. The average molecular weight is 1060 g/mol. The van der Waals surface area contributed by atoms with Crippen LogP contribution in [0, 0.1) is 0 Å². The van der Waals surface area contributed by atoms with E-state index in [1.54, 1.807) is 0 Å². The first-order chi connectivity index (χ1) is 36.6. The maximum absolute atomic E-state index is 13.1. The van der Waals surface area contributed by atoms with Crippen molar-refractivity contribution in [3.05, 3.63) is 122 Å². The molecule has 75 heavy (non-hydrogen) atoms. The van der Waals surface area contributed by atoms with Crippen molar-refractivity contribution in [2.24, 2.45) is 0 Å². The highest BCUT2D eigenvalue weighted by atomic mass is 16.7. The summed E-state index contributed by atoms with van der Waals surface area (Å²) in [5.41, 5.74) is 0. The second kappa shape index (κ2) is 46.5. The van der Waals surface area contributed by atoms with E-state index < -0.39 is 86.7 Å². The third-order valence-electron chi connectivity index (χ3n) is 12.5. The lowest BCUT2D eigenvalue weighted by atomic mass is 9.98. The van der Waals surface area contributed by atoms with Crippen molar-refractivity contribution in [2.75, 3.05) is 33.0 Å². The van der Waals surface area contributed by atoms with Crippen LogP contribution in [0.15, 0.2) is 122 Å². The normalized spacial score (nSPS) is 25.6. The molecule has 0 aliphatic carbocycles. The fraction of sp³-hybridized carbons (Fsp3) is 0.656. The number of carbonyl (C=O) groups excluding carboxylic acids is 1. The molecule has 0 radical (unpaired) electrons. The van der Waals surface area contributed by atoms with Crippen molar-refractivity contribution < 1.29 is 69.0 Å². The molecule has 14 heteroatoms. The molecular weight excluding hydrogens is 957 g/mol. The summed E-state index contributed by atoms with van der Waals surface area (Å²) in [7, 11) is 0. The van der Waals surface area contributed by atoms with E-state index in [-0.39, 0.29) is 19.6 Å². The molecule has 7 N–H and O–H groups in total. The van der Waals surface area contributed by atoms with Crippen LogP contribution in [0.3, 0.4) is 0 Å². The van der Waals surface area contributed by atoms with E-state index >= 15 is 0 Å². The van der Waals surface area contributed by atoms with E-state index in [4.69, 9.17) is 28.4 Å². The van der Waals surface area contributed by atoms with Gasteiger partial charge in [-0.1, -0.05) is 167 Å². The summed E-state index contributed by atoms with van der Waals surface area (Å²) in [4.78, 5) is 13.1. The molecule has 0 bridgehead atoms. The van der Waals surface area contributed by atoms with Crippen LogP contribution in [-0.4, -0.2) is 142 Å². The molecule has 0 aromatic carbocycles. The summed E-state index contributed by atoms with van der Waals surface area (Å²) in [6, 6.07) is 0. The summed E-state index contributed by atoms with van der Waals surface area (Å²) in [5, 5.41) is 72.3. The second-order valence-corrected chi connectivity index (χ2v) is 19.0. The molecule has 11 unspecified atom stereocenters. The van der Waals surface area contributed by atoms with E-state index in [0.29, 0.717) is 13.0 Å². The molecule has 2 aliphatic rings. The minimum absolute atomic E-state index is 0.0185. The standard InChI is InChI=1S/C61H98O14/c1-3-5-7-9-11-13-15-17-19-21-23-24-25-26-27-28-30-32-34-36-38-40-42-44-53(63)73-50(47-70-45-43-41-39-37-35-33-31-29-22-20-18-16-14-12-10-8-6-4-2)48-71-60-59(69)57(67)55(65)52(75-60)49-72-61-58(68)56(66)54(64)51(46-62)74-61/h5-8,11-14,17-20,23-24,26-27,29,31,35,37,50-52,54-62,64-69H,3-4,9-10,15-16,21-22,25,28,30,32-34,36,38-49H2,1-2H3/b7-5-,8-6-,13-11-,14-12-,19-17-,20-18-,24-23-,27-26-,31-29-,37-35-. The number of esters is 1. The zero-order valence-corrected chi connectivity index (χ0v) is 45.5. The first-order valence-electron chi connectivity index (χ1n) is 28.1.